The van der Waals surface area contributed by atoms with Gasteiger partial charge in [0.2, 0.25) is 41.4 Å². The fourth-order valence-corrected chi connectivity index (χ4v) is 15.9. The molecule has 4 heterocycles. The SMILES string of the molecule is CC(=O)OC[C@H]1O[C@@H](OCCCCCCNC(=O)C(CCC(=O)NC(CCC(=O)NC(CCC(=O)NCCCCCCO[C@H]2O[C@H](COC(C)=O)[C@H](OC(C)=O)[C@H](OC(C)=O)[C@H]2O)C(=O)NCCCCCCO[C@@H]2O[C@H](COC(C)=O)[C@H](OC(C)=O)[C@H](OC(C)=O)[C@H]2OC(C)=O)C(=O)NCCCCCCO[C@@H]2O[C@H](COC(C)=O)[C@H](OC(C)=O)[C@@H](OC(C)=O)[C@H]2OC(C)=O)NC(=O)CCCC(=O)O)[C@@H](OC(C)=O)[C@@H](OC(C)=O)[C@@H]1O. The predicted molar refractivity (Wildman–Crippen MR) is 503 cm³/mol. The average Bonchev–Trinajstić information content (AvgIpc) is 0.790. The average molecular weight is 2150 g/mol. The van der Waals surface area contributed by atoms with Crippen LogP contribution in [-0.4, -0.2) is 366 Å². The van der Waals surface area contributed by atoms with Crippen molar-refractivity contribution >= 4 is 131 Å². The van der Waals surface area contributed by atoms with Crippen LogP contribution < -0.4 is 37.2 Å². The molecule has 0 radical (unpaired) electrons. The fourth-order valence-electron chi connectivity index (χ4n) is 15.9. The molecule has 54 nitrogen and oxygen atoms in total. The highest BCUT2D eigenvalue weighted by atomic mass is 16.8. The molecule has 0 aromatic rings. The Hall–Kier alpha value is -12.1. The van der Waals surface area contributed by atoms with Gasteiger partial charge in [-0.05, 0) is 77.0 Å². The van der Waals surface area contributed by atoms with E-state index < -0.39 is 330 Å². The number of esters is 14. The number of carbonyl (C=O) groups excluding carboxylic acids is 21. The van der Waals surface area contributed by atoms with Gasteiger partial charge in [-0.1, -0.05) is 51.4 Å². The van der Waals surface area contributed by atoms with Gasteiger partial charge in [0.05, 0.1) is 0 Å². The molecule has 150 heavy (non-hydrogen) atoms. The van der Waals surface area contributed by atoms with Gasteiger partial charge in [-0.2, -0.15) is 0 Å². The number of ether oxygens (including phenoxy) is 22. The van der Waals surface area contributed by atoms with Crippen LogP contribution in [0.3, 0.4) is 0 Å². The van der Waals surface area contributed by atoms with Gasteiger partial charge in [-0.3, -0.25) is 105 Å². The van der Waals surface area contributed by atoms with Crippen molar-refractivity contribution in [2.24, 2.45) is 0 Å². The normalized spacial score (nSPS) is 23.8. The number of aliphatic hydroxyl groups is 2. The van der Waals surface area contributed by atoms with Crippen LogP contribution in [0.2, 0.25) is 0 Å². The van der Waals surface area contributed by atoms with E-state index in [1.807, 2.05) is 0 Å². The third-order valence-electron chi connectivity index (χ3n) is 22.6. The first-order valence-electron chi connectivity index (χ1n) is 49.9. The summed E-state index contributed by atoms with van der Waals surface area (Å²) in [5, 5.41) is 50.4. The monoisotopic (exact) mass is 2150 g/mol. The minimum atomic E-state index is -1.65. The van der Waals surface area contributed by atoms with Gasteiger partial charge in [0.1, 0.15) is 81.2 Å². The summed E-state index contributed by atoms with van der Waals surface area (Å²) in [6.07, 6.45) is -26.0. The van der Waals surface area contributed by atoms with E-state index in [4.69, 9.17) is 104 Å². The molecule has 23 atom stereocenters. The lowest BCUT2D eigenvalue weighted by atomic mass is 9.98. The van der Waals surface area contributed by atoms with Crippen molar-refractivity contribution < 1.29 is 225 Å². The zero-order chi connectivity index (χ0) is 112. The molecule has 4 fully saturated rings. The molecule has 4 saturated heterocycles. The van der Waals surface area contributed by atoms with Gasteiger partial charge in [-0.15, -0.1) is 0 Å². The molecule has 0 spiro atoms. The summed E-state index contributed by atoms with van der Waals surface area (Å²) in [6, 6.07) is -4.40. The number of hydrogen-bond donors (Lipinski definition) is 10. The van der Waals surface area contributed by atoms with E-state index in [0.717, 1.165) is 96.9 Å². The smallest absolute Gasteiger partial charge is 0.303 e. The third kappa shape index (κ3) is 52.6. The Kier molecular flexibility index (Phi) is 61.5. The summed E-state index contributed by atoms with van der Waals surface area (Å²) in [5.74, 6) is -17.8. The number of amides is 7. The molecule has 0 aliphatic carbocycles. The topological polar surface area (TPSA) is 724 Å². The number of carboxylic acids is 1. The van der Waals surface area contributed by atoms with Crippen molar-refractivity contribution in [1.82, 2.24) is 37.2 Å². The summed E-state index contributed by atoms with van der Waals surface area (Å²) in [5.41, 5.74) is 0. The highest BCUT2D eigenvalue weighted by molar-refractivity contribution is 5.92. The molecule has 0 aromatic heterocycles. The van der Waals surface area contributed by atoms with Gasteiger partial charge in [0.15, 0.2) is 86.2 Å². The number of carboxylic acid groups (broad SMARTS) is 1. The molecule has 10 N–H and O–H groups in total. The van der Waals surface area contributed by atoms with Crippen LogP contribution in [0.5, 0.6) is 0 Å². The van der Waals surface area contributed by atoms with Crippen LogP contribution in [0, 0.1) is 0 Å². The second-order valence-corrected chi connectivity index (χ2v) is 35.7. The van der Waals surface area contributed by atoms with Gasteiger partial charge >= 0.3 is 89.5 Å². The molecule has 4 aliphatic heterocycles. The number of carbonyl (C=O) groups is 22. The lowest BCUT2D eigenvalue weighted by Crippen LogP contribution is -2.63. The van der Waals surface area contributed by atoms with E-state index in [9.17, 15) is 121 Å². The van der Waals surface area contributed by atoms with E-state index in [1.165, 1.54) is 0 Å². The number of unbranched alkanes of at least 4 members (excludes halogenated alkanes) is 12. The number of hydrogen-bond acceptors (Lipinski definition) is 46. The Morgan fingerprint density at radius 3 is 0.773 bits per heavy atom. The first kappa shape index (κ1) is 130. The van der Waals surface area contributed by atoms with Crippen molar-refractivity contribution in [3.05, 3.63) is 0 Å². The van der Waals surface area contributed by atoms with Gasteiger partial charge in [0.25, 0.3) is 0 Å². The lowest BCUT2D eigenvalue weighted by Gasteiger charge is -2.44. The maximum Gasteiger partial charge on any atom is 0.303 e. The van der Waals surface area contributed by atoms with Gasteiger partial charge in [0, 0.05) is 182 Å². The van der Waals surface area contributed by atoms with Gasteiger partial charge < -0.3 is 157 Å². The molecule has 4 rings (SSSR count). The maximum atomic E-state index is 14.5. The van der Waals surface area contributed by atoms with Crippen LogP contribution in [0.4, 0.5) is 0 Å². The molecule has 7 amide bonds. The van der Waals surface area contributed by atoms with E-state index in [1.54, 1.807) is 0 Å². The summed E-state index contributed by atoms with van der Waals surface area (Å²) in [7, 11) is 0. The number of aliphatic carboxylic acids is 1. The zero-order valence-corrected chi connectivity index (χ0v) is 87.2. The first-order valence-corrected chi connectivity index (χ1v) is 49.9. The Balaban J connectivity index is 1.57. The van der Waals surface area contributed by atoms with E-state index in [2.05, 4.69) is 37.2 Å². The third-order valence-corrected chi connectivity index (χ3v) is 22.6. The van der Waals surface area contributed by atoms with Crippen molar-refractivity contribution in [3.63, 3.8) is 0 Å². The molecular formula is C96H149N7O47. The summed E-state index contributed by atoms with van der Waals surface area (Å²) >= 11 is 0. The lowest BCUT2D eigenvalue weighted by molar-refractivity contribution is -0.308. The first-order chi connectivity index (χ1) is 71.0. The molecule has 3 unspecified atom stereocenters. The van der Waals surface area contributed by atoms with Crippen LogP contribution in [0.25, 0.3) is 0 Å². The van der Waals surface area contributed by atoms with Crippen molar-refractivity contribution in [1.29, 1.82) is 0 Å². The minimum absolute atomic E-state index is 0.00607. The highest BCUT2D eigenvalue weighted by Gasteiger charge is 2.57. The number of aliphatic hydroxyl groups excluding tert-OH is 2. The maximum absolute atomic E-state index is 14.5. The summed E-state index contributed by atoms with van der Waals surface area (Å²) < 4.78 is 122. The Labute approximate surface area is 867 Å². The summed E-state index contributed by atoms with van der Waals surface area (Å²) in [6.45, 7) is 13.1. The second-order valence-electron chi connectivity index (χ2n) is 35.7. The standard InChI is InChI=1S/C96H149N7O47/c1-52(104)133-48-69-78(124)83(140-59(8)111)87(144-63(12)115)94(147-69)130-45-28-20-16-25-42-99-91(127)67(101-74(119)32-31-33-77(122)123)35-38-76(121)103-68(92(128)100-43-26-18-22-30-47-132-96-89(146-65(14)117)86(143-62(11)114)82(139-58(7)110)72(150-96)51-136-55(4)107)36-39-75(120)102-66(34-37-73(118)97-40-23-15-19-27-44-129-93-79(125)84(141-60(9)112)80(137-56(5)108)70(148-93)49-134-53(2)105)90(126)98-41-24-17-21-29-46-131-95-88(145-64(13)116)85(142-61(10)113)81(138-57(6)109)71(149-95)50-135-54(3)106/h66-72,78-89,93-96,124-125H,15-51H2,1-14H3,(H,97,118)(H,98,126)(H,99,127)(H,100,128)(H,101,119)(H,102,120)(H,103,121)(H,122,123)/t66?,67?,68?,69-,70-,71-,72-,78-,79-,80+,81+,82+,83+,84-,85+,86-,87+,88-,89-,93+,94-,95-,96-/m1/s1. The fraction of sp³-hybridized carbons (Fsp3) is 0.771. The number of nitrogens with one attached hydrogen (secondary N) is 7. The molecule has 54 heteroatoms. The molecule has 0 bridgehead atoms. The van der Waals surface area contributed by atoms with Gasteiger partial charge in [-0.25, -0.2) is 0 Å². The van der Waals surface area contributed by atoms with Crippen molar-refractivity contribution in [2.45, 2.75) is 398 Å². The van der Waals surface area contributed by atoms with E-state index in [-0.39, 0.29) is 91.1 Å². The number of rotatable bonds is 69. The highest BCUT2D eigenvalue weighted by Crippen LogP contribution is 2.35. The van der Waals surface area contributed by atoms with Crippen LogP contribution in [-0.2, 0) is 210 Å². The minimum Gasteiger partial charge on any atom is -0.481 e. The molecule has 0 saturated carbocycles. The molecule has 4 aliphatic rings. The van der Waals surface area contributed by atoms with Crippen molar-refractivity contribution in [2.75, 3.05) is 79.0 Å². The van der Waals surface area contributed by atoms with Crippen LogP contribution >= 0.6 is 0 Å². The molecular weight excluding hydrogens is 2000 g/mol. The molecule has 850 valence electrons. The van der Waals surface area contributed by atoms with Crippen molar-refractivity contribution in [3.8, 4) is 0 Å². The Morgan fingerprint density at radius 2 is 0.467 bits per heavy atom. The quantitative estimate of drug-likeness (QED) is 0.0218. The second kappa shape index (κ2) is 70.9. The van der Waals surface area contributed by atoms with Crippen LogP contribution in [0.15, 0.2) is 0 Å². The van der Waals surface area contributed by atoms with Crippen LogP contribution in [0.1, 0.15) is 257 Å². The summed E-state index contributed by atoms with van der Waals surface area (Å²) in [4.78, 5) is 280. The Bertz CT molecular complexity index is 4390. The molecule has 0 aromatic carbocycles. The largest absolute Gasteiger partial charge is 0.481 e. The van der Waals surface area contributed by atoms with E-state index >= 15 is 0 Å². The predicted octanol–water partition coefficient (Wildman–Crippen LogP) is -0.000100. The zero-order valence-electron chi connectivity index (χ0n) is 87.2. The Morgan fingerprint density at radius 1 is 0.233 bits per heavy atom. The van der Waals surface area contributed by atoms with E-state index in [0.29, 0.717) is 89.9 Å².